The Labute approximate surface area is 106 Å². The maximum Gasteiger partial charge on any atom is 0.271 e. The molecule has 1 aromatic rings. The number of amides is 1. The molecular weight excluding hydrogens is 292 g/mol. The Kier molecular flexibility index (Phi) is 4.45. The molecule has 0 saturated carbocycles. The molecule has 0 heterocycles. The van der Waals surface area contributed by atoms with Crippen molar-refractivity contribution in [3.05, 3.63) is 28.3 Å². The highest BCUT2D eigenvalue weighted by molar-refractivity contribution is 9.10. The second-order valence-electron chi connectivity index (χ2n) is 3.32. The summed E-state index contributed by atoms with van der Waals surface area (Å²) in [4.78, 5) is 21.1. The van der Waals surface area contributed by atoms with Gasteiger partial charge in [0.2, 0.25) is 5.91 Å². The zero-order valence-electron chi connectivity index (χ0n) is 9.01. The molecule has 0 aliphatic rings. The molecule has 0 fully saturated rings. The van der Waals surface area contributed by atoms with E-state index in [0.717, 1.165) is 12.1 Å². The highest BCUT2D eigenvalue weighted by atomic mass is 79.9. The molecule has 17 heavy (non-hydrogen) atoms. The molecule has 2 N–H and O–H groups in total. The fourth-order valence-electron chi connectivity index (χ4n) is 1.13. The van der Waals surface area contributed by atoms with Gasteiger partial charge in [0.15, 0.2) is 0 Å². The zero-order valence-corrected chi connectivity index (χ0v) is 10.6. The lowest BCUT2D eigenvalue weighted by Crippen LogP contribution is -2.22. The minimum Gasteiger partial charge on any atom is -0.506 e. The molecule has 0 radical (unpaired) electrons. The van der Waals surface area contributed by atoms with E-state index in [-0.39, 0.29) is 23.0 Å². The van der Waals surface area contributed by atoms with Crippen LogP contribution in [0.1, 0.15) is 13.3 Å². The summed E-state index contributed by atoms with van der Waals surface area (Å²) in [5, 5.41) is 22.4. The normalized spacial score (nSPS) is 11.9. The van der Waals surface area contributed by atoms with Gasteiger partial charge in [-0.15, -0.1) is 0 Å². The number of carbonyl (C=O) groups is 1. The molecule has 1 rings (SSSR count). The van der Waals surface area contributed by atoms with Crippen molar-refractivity contribution >= 4 is 33.2 Å². The number of nitrogens with one attached hydrogen (secondary N) is 1. The number of phenols is 1. The van der Waals surface area contributed by atoms with Gasteiger partial charge in [-0.1, -0.05) is 22.9 Å². The van der Waals surface area contributed by atoms with E-state index < -0.39 is 9.75 Å². The van der Waals surface area contributed by atoms with Crippen LogP contribution in [0.2, 0.25) is 0 Å². The highest BCUT2D eigenvalue weighted by Gasteiger charge is 2.16. The summed E-state index contributed by atoms with van der Waals surface area (Å²) in [6.07, 6.45) is 0.571. The first kappa shape index (κ1) is 13.4. The van der Waals surface area contributed by atoms with E-state index in [4.69, 9.17) is 0 Å². The minimum absolute atomic E-state index is 0.0297. The van der Waals surface area contributed by atoms with Gasteiger partial charge in [0.25, 0.3) is 5.69 Å². The summed E-state index contributed by atoms with van der Waals surface area (Å²) in [6.45, 7) is 1.81. The lowest BCUT2D eigenvalue weighted by molar-refractivity contribution is -0.384. The number of nitrogens with zero attached hydrogens (tertiary/aromatic N) is 1. The molecule has 0 spiro atoms. The number of carbonyl (C=O) groups excluding carboxylic acids is 1. The van der Waals surface area contributed by atoms with Crippen LogP contribution in [0, 0.1) is 10.1 Å². The number of rotatable bonds is 4. The Morgan fingerprint density at radius 2 is 2.29 bits per heavy atom. The molecule has 0 saturated heterocycles. The summed E-state index contributed by atoms with van der Waals surface area (Å²) in [6, 6.07) is 3.45. The third-order valence-electron chi connectivity index (χ3n) is 2.09. The molecule has 6 nitrogen and oxygen atoms in total. The highest BCUT2D eigenvalue weighted by Crippen LogP contribution is 2.28. The first-order valence-electron chi connectivity index (χ1n) is 4.88. The molecular formula is C10H11BrN2O4. The van der Waals surface area contributed by atoms with Crippen molar-refractivity contribution in [3.63, 3.8) is 0 Å². The first-order chi connectivity index (χ1) is 7.95. The van der Waals surface area contributed by atoms with Crippen molar-refractivity contribution in [1.82, 2.24) is 0 Å². The van der Waals surface area contributed by atoms with E-state index in [1.54, 1.807) is 0 Å². The number of anilines is 1. The van der Waals surface area contributed by atoms with E-state index in [0.29, 0.717) is 6.42 Å². The van der Waals surface area contributed by atoms with Crippen LogP contribution in [-0.4, -0.2) is 20.8 Å². The lowest BCUT2D eigenvalue weighted by atomic mass is 10.2. The second kappa shape index (κ2) is 5.62. The number of alkyl halides is 1. The van der Waals surface area contributed by atoms with Crippen molar-refractivity contribution in [2.45, 2.75) is 18.2 Å². The number of non-ortho nitro benzene ring substituents is 1. The molecule has 1 unspecified atom stereocenters. The van der Waals surface area contributed by atoms with Gasteiger partial charge in [0.1, 0.15) is 5.75 Å². The van der Waals surface area contributed by atoms with E-state index in [1.165, 1.54) is 6.07 Å². The Bertz CT molecular complexity index is 450. The Hall–Kier alpha value is -1.63. The number of nitro benzene ring substituents is 1. The van der Waals surface area contributed by atoms with Gasteiger partial charge >= 0.3 is 0 Å². The quantitative estimate of drug-likeness (QED) is 0.386. The average Bonchev–Trinajstić information content (AvgIpc) is 2.30. The van der Waals surface area contributed by atoms with E-state index in [1.807, 2.05) is 6.92 Å². The van der Waals surface area contributed by atoms with Crippen LogP contribution in [0.4, 0.5) is 11.4 Å². The van der Waals surface area contributed by atoms with Gasteiger partial charge in [-0.05, 0) is 12.5 Å². The summed E-state index contributed by atoms with van der Waals surface area (Å²) in [7, 11) is 0. The minimum atomic E-state index is -0.597. The molecule has 92 valence electrons. The molecule has 7 heteroatoms. The number of halogens is 1. The first-order valence-corrected chi connectivity index (χ1v) is 5.79. The number of aromatic hydroxyl groups is 1. The average molecular weight is 303 g/mol. The standard InChI is InChI=1S/C10H11BrN2O4/c1-2-7(11)10(15)12-8-5-6(13(16)17)3-4-9(8)14/h3-5,7,14H,2H2,1H3,(H,12,15). The maximum absolute atomic E-state index is 11.5. The van der Waals surface area contributed by atoms with Crippen LogP contribution >= 0.6 is 15.9 Å². The van der Waals surface area contributed by atoms with E-state index in [9.17, 15) is 20.0 Å². The van der Waals surface area contributed by atoms with Crippen LogP contribution in [0.15, 0.2) is 18.2 Å². The van der Waals surface area contributed by atoms with Gasteiger partial charge in [-0.3, -0.25) is 14.9 Å². The Morgan fingerprint density at radius 3 is 2.82 bits per heavy atom. The maximum atomic E-state index is 11.5. The number of nitro groups is 1. The van der Waals surface area contributed by atoms with Crippen LogP contribution < -0.4 is 5.32 Å². The molecule has 0 bridgehead atoms. The van der Waals surface area contributed by atoms with E-state index in [2.05, 4.69) is 21.2 Å². The van der Waals surface area contributed by atoms with Crippen LogP contribution in [0.3, 0.4) is 0 Å². The number of hydrogen-bond donors (Lipinski definition) is 2. The number of hydrogen-bond acceptors (Lipinski definition) is 4. The van der Waals surface area contributed by atoms with Crippen molar-refractivity contribution in [2.24, 2.45) is 0 Å². The van der Waals surface area contributed by atoms with Gasteiger partial charge in [-0.25, -0.2) is 0 Å². The predicted molar refractivity (Wildman–Crippen MR) is 66.4 cm³/mol. The van der Waals surface area contributed by atoms with Crippen molar-refractivity contribution in [2.75, 3.05) is 5.32 Å². The zero-order chi connectivity index (χ0) is 13.0. The smallest absolute Gasteiger partial charge is 0.271 e. The lowest BCUT2D eigenvalue weighted by Gasteiger charge is -2.09. The SMILES string of the molecule is CCC(Br)C(=O)Nc1cc([N+](=O)[O-])ccc1O. The van der Waals surface area contributed by atoms with Gasteiger partial charge in [0, 0.05) is 12.1 Å². The number of phenolic OH excluding ortho intramolecular Hbond substituents is 1. The predicted octanol–water partition coefficient (Wildman–Crippen LogP) is 2.41. The Balaban J connectivity index is 2.94. The van der Waals surface area contributed by atoms with Crippen LogP contribution in [0.5, 0.6) is 5.75 Å². The van der Waals surface area contributed by atoms with Gasteiger partial charge in [0.05, 0.1) is 15.4 Å². The fourth-order valence-corrected chi connectivity index (χ4v) is 1.25. The second-order valence-corrected chi connectivity index (χ2v) is 4.43. The molecule has 0 aromatic heterocycles. The van der Waals surface area contributed by atoms with Gasteiger partial charge in [-0.2, -0.15) is 0 Å². The van der Waals surface area contributed by atoms with Gasteiger partial charge < -0.3 is 10.4 Å². The molecule has 1 aromatic carbocycles. The topological polar surface area (TPSA) is 92.5 Å². The molecule has 1 amide bonds. The Morgan fingerprint density at radius 1 is 1.65 bits per heavy atom. The van der Waals surface area contributed by atoms with Crippen LogP contribution in [0.25, 0.3) is 0 Å². The molecule has 1 atom stereocenters. The van der Waals surface area contributed by atoms with Crippen molar-refractivity contribution < 1.29 is 14.8 Å². The monoisotopic (exact) mass is 302 g/mol. The number of benzene rings is 1. The van der Waals surface area contributed by atoms with E-state index >= 15 is 0 Å². The summed E-state index contributed by atoms with van der Waals surface area (Å²) < 4.78 is 0. The third kappa shape index (κ3) is 3.42. The third-order valence-corrected chi connectivity index (χ3v) is 3.16. The summed E-state index contributed by atoms with van der Waals surface area (Å²) in [5.74, 6) is -0.567. The molecule has 0 aliphatic heterocycles. The van der Waals surface area contributed by atoms with Crippen molar-refractivity contribution in [3.8, 4) is 5.75 Å². The summed E-state index contributed by atoms with van der Waals surface area (Å²) in [5.41, 5.74) is -0.164. The van der Waals surface area contributed by atoms with Crippen LogP contribution in [-0.2, 0) is 4.79 Å². The summed E-state index contributed by atoms with van der Waals surface area (Å²) >= 11 is 3.14. The largest absolute Gasteiger partial charge is 0.506 e. The van der Waals surface area contributed by atoms with Crippen molar-refractivity contribution in [1.29, 1.82) is 0 Å². The molecule has 0 aliphatic carbocycles. The fraction of sp³-hybridized carbons (Fsp3) is 0.300.